The molecule has 3 rings (SSSR count). The number of hydrazine groups is 1. The zero-order chi connectivity index (χ0) is 12.7. The molecule has 1 aliphatic carbocycles. The smallest absolute Gasteiger partial charge is 0.239 e. The van der Waals surface area contributed by atoms with Crippen LogP contribution in [0.5, 0.6) is 0 Å². The summed E-state index contributed by atoms with van der Waals surface area (Å²) in [5, 5.41) is 9.85. The summed E-state index contributed by atoms with van der Waals surface area (Å²) in [6.45, 7) is 1.38. The molecule has 0 radical (unpaired) electrons. The first-order valence-corrected chi connectivity index (χ1v) is 6.11. The van der Waals surface area contributed by atoms with E-state index in [4.69, 9.17) is 5.84 Å². The number of aliphatic hydroxyl groups is 1. The number of halogens is 1. The van der Waals surface area contributed by atoms with Gasteiger partial charge < -0.3 is 10.0 Å². The van der Waals surface area contributed by atoms with Gasteiger partial charge in [-0.1, -0.05) is 0 Å². The Balaban J connectivity index is 1.84. The molecular formula is C11H16FN5O. The van der Waals surface area contributed by atoms with Crippen LogP contribution >= 0.6 is 0 Å². The SMILES string of the molecule is NNc1ncc(F)c(N2CC3CCC(O)C3C2)n1. The number of hydrogen-bond acceptors (Lipinski definition) is 6. The Morgan fingerprint density at radius 1 is 1.44 bits per heavy atom. The molecule has 0 bridgehead atoms. The van der Waals surface area contributed by atoms with Crippen LogP contribution in [0.3, 0.4) is 0 Å². The van der Waals surface area contributed by atoms with Crippen LogP contribution < -0.4 is 16.2 Å². The van der Waals surface area contributed by atoms with Gasteiger partial charge in [0.2, 0.25) is 5.95 Å². The molecule has 3 unspecified atom stereocenters. The van der Waals surface area contributed by atoms with Crippen molar-refractivity contribution < 1.29 is 9.50 Å². The van der Waals surface area contributed by atoms with Crippen molar-refractivity contribution in [3.8, 4) is 0 Å². The highest BCUT2D eigenvalue weighted by molar-refractivity contribution is 5.45. The number of nitrogens with zero attached hydrogens (tertiary/aromatic N) is 3. The van der Waals surface area contributed by atoms with E-state index in [0.29, 0.717) is 12.5 Å². The molecule has 1 saturated carbocycles. The molecule has 0 aromatic carbocycles. The Labute approximate surface area is 104 Å². The van der Waals surface area contributed by atoms with Crippen molar-refractivity contribution in [2.24, 2.45) is 17.7 Å². The Kier molecular flexibility index (Phi) is 2.79. The van der Waals surface area contributed by atoms with Gasteiger partial charge in [-0.05, 0) is 18.8 Å². The normalized spacial score (nSPS) is 30.6. The van der Waals surface area contributed by atoms with Gasteiger partial charge in [-0.3, -0.25) is 5.43 Å². The molecule has 1 saturated heterocycles. The maximum atomic E-state index is 13.7. The van der Waals surface area contributed by atoms with E-state index in [9.17, 15) is 9.50 Å². The molecule has 2 aliphatic rings. The molecule has 6 nitrogen and oxygen atoms in total. The highest BCUT2D eigenvalue weighted by atomic mass is 19.1. The molecule has 98 valence electrons. The molecule has 7 heteroatoms. The lowest BCUT2D eigenvalue weighted by atomic mass is 10.00. The average Bonchev–Trinajstić information content (AvgIpc) is 2.93. The molecule has 1 aromatic heterocycles. The molecule has 2 fully saturated rings. The number of fused-ring (bicyclic) bond motifs is 1. The van der Waals surface area contributed by atoms with Gasteiger partial charge in [0.25, 0.3) is 0 Å². The van der Waals surface area contributed by atoms with Crippen LogP contribution in [0.25, 0.3) is 0 Å². The van der Waals surface area contributed by atoms with Crippen LogP contribution in [-0.2, 0) is 0 Å². The molecule has 3 atom stereocenters. The number of hydrogen-bond donors (Lipinski definition) is 3. The Morgan fingerprint density at radius 3 is 3.00 bits per heavy atom. The van der Waals surface area contributed by atoms with Crippen LogP contribution in [-0.4, -0.2) is 34.3 Å². The van der Waals surface area contributed by atoms with Gasteiger partial charge in [0, 0.05) is 19.0 Å². The first-order valence-electron chi connectivity index (χ1n) is 6.11. The molecule has 1 aliphatic heterocycles. The molecule has 2 heterocycles. The van der Waals surface area contributed by atoms with E-state index >= 15 is 0 Å². The van der Waals surface area contributed by atoms with Crippen molar-refractivity contribution in [3.05, 3.63) is 12.0 Å². The number of nitrogen functional groups attached to an aromatic ring is 1. The molecule has 0 amide bonds. The van der Waals surface area contributed by atoms with E-state index in [0.717, 1.165) is 25.6 Å². The average molecular weight is 253 g/mol. The predicted octanol–water partition coefficient (Wildman–Crippen LogP) is 0.108. The largest absolute Gasteiger partial charge is 0.393 e. The van der Waals surface area contributed by atoms with Gasteiger partial charge in [0.1, 0.15) is 0 Å². The summed E-state index contributed by atoms with van der Waals surface area (Å²) in [5.41, 5.74) is 2.31. The summed E-state index contributed by atoms with van der Waals surface area (Å²) < 4.78 is 13.7. The van der Waals surface area contributed by atoms with Crippen molar-refractivity contribution in [3.63, 3.8) is 0 Å². The monoisotopic (exact) mass is 253 g/mol. The fourth-order valence-electron chi connectivity index (χ4n) is 3.06. The number of rotatable bonds is 2. The molecule has 1 aromatic rings. The third-order valence-corrected chi connectivity index (χ3v) is 3.97. The van der Waals surface area contributed by atoms with Crippen LogP contribution in [0.2, 0.25) is 0 Å². The molecular weight excluding hydrogens is 237 g/mol. The second kappa shape index (κ2) is 4.33. The molecule has 0 spiro atoms. The minimum atomic E-state index is -0.455. The van der Waals surface area contributed by atoms with Crippen molar-refractivity contribution in [2.75, 3.05) is 23.4 Å². The van der Waals surface area contributed by atoms with Gasteiger partial charge >= 0.3 is 0 Å². The Bertz CT molecular complexity index is 457. The minimum absolute atomic E-state index is 0.198. The van der Waals surface area contributed by atoms with E-state index in [1.807, 2.05) is 4.90 Å². The zero-order valence-corrected chi connectivity index (χ0v) is 9.88. The van der Waals surface area contributed by atoms with Crippen LogP contribution in [0.1, 0.15) is 12.8 Å². The summed E-state index contributed by atoms with van der Waals surface area (Å²) in [6.07, 6.45) is 2.70. The van der Waals surface area contributed by atoms with E-state index in [1.54, 1.807) is 0 Å². The standard InChI is InChI=1S/C11H16FN5O/c12-8-3-14-11(16-13)15-10(8)17-4-6-1-2-9(18)7(6)5-17/h3,6-7,9,18H,1-2,4-5,13H2,(H,14,15,16). The number of nitrogens with two attached hydrogens (primary N) is 1. The first-order chi connectivity index (χ1) is 8.69. The summed E-state index contributed by atoms with van der Waals surface area (Å²) >= 11 is 0. The van der Waals surface area contributed by atoms with Gasteiger partial charge in [-0.25, -0.2) is 15.2 Å². The topological polar surface area (TPSA) is 87.3 Å². The van der Waals surface area contributed by atoms with Gasteiger partial charge in [0.05, 0.1) is 12.3 Å². The van der Waals surface area contributed by atoms with Crippen molar-refractivity contribution in [1.29, 1.82) is 0 Å². The van der Waals surface area contributed by atoms with Crippen molar-refractivity contribution in [1.82, 2.24) is 9.97 Å². The maximum Gasteiger partial charge on any atom is 0.239 e. The van der Waals surface area contributed by atoms with E-state index < -0.39 is 5.82 Å². The van der Waals surface area contributed by atoms with Gasteiger partial charge in [-0.15, -0.1) is 0 Å². The Hall–Kier alpha value is -1.47. The van der Waals surface area contributed by atoms with Crippen molar-refractivity contribution >= 4 is 11.8 Å². The number of aliphatic hydroxyl groups excluding tert-OH is 1. The van der Waals surface area contributed by atoms with E-state index in [-0.39, 0.29) is 23.8 Å². The van der Waals surface area contributed by atoms with Gasteiger partial charge in [-0.2, -0.15) is 4.98 Å². The number of nitrogens with one attached hydrogen (secondary N) is 1. The summed E-state index contributed by atoms with van der Waals surface area (Å²) in [7, 11) is 0. The minimum Gasteiger partial charge on any atom is -0.393 e. The summed E-state index contributed by atoms with van der Waals surface area (Å²) in [6, 6.07) is 0. The van der Waals surface area contributed by atoms with Gasteiger partial charge in [0.15, 0.2) is 11.6 Å². The fraction of sp³-hybridized carbons (Fsp3) is 0.636. The Morgan fingerprint density at radius 2 is 2.28 bits per heavy atom. The van der Waals surface area contributed by atoms with Crippen molar-refractivity contribution in [2.45, 2.75) is 18.9 Å². The third kappa shape index (κ3) is 1.79. The second-order valence-electron chi connectivity index (χ2n) is 4.98. The lowest BCUT2D eigenvalue weighted by Gasteiger charge is -2.20. The second-order valence-corrected chi connectivity index (χ2v) is 4.98. The number of aromatic nitrogens is 2. The maximum absolute atomic E-state index is 13.7. The van der Waals surface area contributed by atoms with Crippen LogP contribution in [0.4, 0.5) is 16.2 Å². The highest BCUT2D eigenvalue weighted by Crippen LogP contribution is 2.39. The third-order valence-electron chi connectivity index (χ3n) is 3.97. The zero-order valence-electron chi connectivity index (χ0n) is 9.88. The lowest BCUT2D eigenvalue weighted by molar-refractivity contribution is 0.133. The molecule has 18 heavy (non-hydrogen) atoms. The fourth-order valence-corrected chi connectivity index (χ4v) is 3.06. The van der Waals surface area contributed by atoms with E-state index in [1.165, 1.54) is 0 Å². The quantitative estimate of drug-likeness (QED) is 0.512. The lowest BCUT2D eigenvalue weighted by Crippen LogP contribution is -2.26. The number of anilines is 2. The summed E-state index contributed by atoms with van der Waals surface area (Å²) in [5.74, 6) is 5.90. The van der Waals surface area contributed by atoms with E-state index in [2.05, 4.69) is 15.4 Å². The van der Waals surface area contributed by atoms with Crippen LogP contribution in [0.15, 0.2) is 6.20 Å². The first kappa shape index (κ1) is 11.6. The summed E-state index contributed by atoms with van der Waals surface area (Å²) in [4.78, 5) is 9.64. The predicted molar refractivity (Wildman–Crippen MR) is 64.2 cm³/mol. The van der Waals surface area contributed by atoms with Crippen LogP contribution in [0, 0.1) is 17.7 Å². The highest BCUT2D eigenvalue weighted by Gasteiger charge is 2.42. The molecule has 4 N–H and O–H groups in total.